The fourth-order valence-corrected chi connectivity index (χ4v) is 2.85. The molecule has 0 aliphatic carbocycles. The minimum absolute atomic E-state index is 0.0654. The van der Waals surface area contributed by atoms with Crippen molar-refractivity contribution in [3.63, 3.8) is 0 Å². The Morgan fingerprint density at radius 3 is 2.84 bits per heavy atom. The van der Waals surface area contributed by atoms with Crippen LogP contribution in [0.3, 0.4) is 0 Å². The molecular weight excluding hydrogens is 312 g/mol. The molecule has 0 fully saturated rings. The smallest absolute Gasteiger partial charge is 0.230 e. The van der Waals surface area contributed by atoms with Crippen LogP contribution in [0.25, 0.3) is 10.9 Å². The number of fused-ring (bicyclic) bond motifs is 1. The van der Waals surface area contributed by atoms with E-state index in [1.54, 1.807) is 6.20 Å². The zero-order chi connectivity index (χ0) is 17.6. The van der Waals surface area contributed by atoms with Crippen LogP contribution < -0.4 is 10.2 Å². The van der Waals surface area contributed by atoms with E-state index in [0.29, 0.717) is 12.2 Å². The van der Waals surface area contributed by atoms with Crippen molar-refractivity contribution >= 4 is 28.3 Å². The van der Waals surface area contributed by atoms with E-state index in [4.69, 9.17) is 0 Å². The van der Waals surface area contributed by atoms with E-state index in [1.807, 2.05) is 42.6 Å². The molecule has 0 saturated heterocycles. The lowest BCUT2D eigenvalue weighted by Crippen LogP contribution is -2.19. The summed E-state index contributed by atoms with van der Waals surface area (Å²) < 4.78 is 0. The normalized spacial score (nSPS) is 10.8. The maximum atomic E-state index is 12.3. The number of rotatable bonds is 7. The van der Waals surface area contributed by atoms with Crippen molar-refractivity contribution in [3.8, 4) is 0 Å². The number of carbonyl (C=O) groups excluding carboxylic acids is 1. The van der Waals surface area contributed by atoms with E-state index in [-0.39, 0.29) is 5.91 Å². The van der Waals surface area contributed by atoms with Crippen LogP contribution in [-0.2, 0) is 11.2 Å². The number of pyridine rings is 1. The van der Waals surface area contributed by atoms with E-state index in [9.17, 15) is 4.79 Å². The van der Waals surface area contributed by atoms with Gasteiger partial charge >= 0.3 is 0 Å². The molecule has 5 heteroatoms. The van der Waals surface area contributed by atoms with Gasteiger partial charge in [0.15, 0.2) is 0 Å². The van der Waals surface area contributed by atoms with Crippen molar-refractivity contribution in [2.45, 2.75) is 26.2 Å². The maximum absolute atomic E-state index is 12.3. The Hall–Kier alpha value is -2.82. The zero-order valence-electron chi connectivity index (χ0n) is 14.7. The Labute approximate surface area is 148 Å². The predicted octanol–water partition coefficient (Wildman–Crippen LogP) is 3.98. The molecule has 1 amide bonds. The number of amides is 1. The molecule has 3 aromatic rings. The molecule has 2 aromatic heterocycles. The average Bonchev–Trinajstić information content (AvgIpc) is 3.03. The molecule has 25 heavy (non-hydrogen) atoms. The van der Waals surface area contributed by atoms with Gasteiger partial charge in [-0.2, -0.15) is 0 Å². The molecule has 2 heterocycles. The summed E-state index contributed by atoms with van der Waals surface area (Å²) >= 11 is 0. The van der Waals surface area contributed by atoms with Crippen molar-refractivity contribution in [2.75, 3.05) is 23.8 Å². The molecular formula is C20H24N4O. The van der Waals surface area contributed by atoms with Gasteiger partial charge in [0.1, 0.15) is 5.82 Å². The average molecular weight is 336 g/mol. The van der Waals surface area contributed by atoms with Gasteiger partial charge in [0.05, 0.1) is 18.3 Å². The highest BCUT2D eigenvalue weighted by Gasteiger charge is 2.09. The first-order valence-electron chi connectivity index (χ1n) is 8.69. The summed E-state index contributed by atoms with van der Waals surface area (Å²) in [5.41, 5.74) is 3.09. The van der Waals surface area contributed by atoms with Crippen LogP contribution in [-0.4, -0.2) is 29.5 Å². The Morgan fingerprint density at radius 2 is 2.08 bits per heavy atom. The van der Waals surface area contributed by atoms with Gasteiger partial charge in [0.25, 0.3) is 0 Å². The number of para-hydroxylation sites is 1. The minimum atomic E-state index is -0.0654. The minimum Gasteiger partial charge on any atom is -0.373 e. The molecule has 0 atom stereocenters. The van der Waals surface area contributed by atoms with E-state index in [2.05, 4.69) is 34.2 Å². The van der Waals surface area contributed by atoms with Crippen LogP contribution >= 0.6 is 0 Å². The summed E-state index contributed by atoms with van der Waals surface area (Å²) in [6.45, 7) is 3.18. The number of aromatic amines is 1. The molecule has 0 saturated carbocycles. The van der Waals surface area contributed by atoms with Gasteiger partial charge in [-0.25, -0.2) is 4.98 Å². The third-order valence-corrected chi connectivity index (χ3v) is 4.33. The Balaban J connectivity index is 1.61. The summed E-state index contributed by atoms with van der Waals surface area (Å²) in [4.78, 5) is 22.0. The molecule has 0 spiro atoms. The first-order valence-corrected chi connectivity index (χ1v) is 8.69. The molecule has 0 radical (unpaired) electrons. The van der Waals surface area contributed by atoms with Gasteiger partial charge in [-0.15, -0.1) is 0 Å². The third kappa shape index (κ3) is 4.18. The number of nitrogens with zero attached hydrogens (tertiary/aromatic N) is 2. The summed E-state index contributed by atoms with van der Waals surface area (Å²) in [7, 11) is 2.06. The van der Waals surface area contributed by atoms with Gasteiger partial charge in [0, 0.05) is 30.7 Å². The van der Waals surface area contributed by atoms with Gasteiger partial charge in [-0.05, 0) is 30.2 Å². The van der Waals surface area contributed by atoms with Crippen molar-refractivity contribution in [1.29, 1.82) is 0 Å². The van der Waals surface area contributed by atoms with Crippen molar-refractivity contribution in [3.05, 3.63) is 54.4 Å². The lowest BCUT2D eigenvalue weighted by molar-refractivity contribution is -0.115. The van der Waals surface area contributed by atoms with Crippen LogP contribution in [0, 0.1) is 0 Å². The largest absolute Gasteiger partial charge is 0.373 e. The van der Waals surface area contributed by atoms with E-state index >= 15 is 0 Å². The molecule has 0 aliphatic rings. The van der Waals surface area contributed by atoms with Gasteiger partial charge in [-0.3, -0.25) is 4.79 Å². The lowest BCUT2D eigenvalue weighted by atomic mass is 10.1. The van der Waals surface area contributed by atoms with Gasteiger partial charge in [0.2, 0.25) is 5.91 Å². The second-order valence-electron chi connectivity index (χ2n) is 6.26. The van der Waals surface area contributed by atoms with Crippen molar-refractivity contribution in [1.82, 2.24) is 9.97 Å². The number of anilines is 2. The van der Waals surface area contributed by atoms with E-state index in [1.165, 1.54) is 6.42 Å². The van der Waals surface area contributed by atoms with Crippen molar-refractivity contribution in [2.24, 2.45) is 0 Å². The highest BCUT2D eigenvalue weighted by atomic mass is 16.1. The van der Waals surface area contributed by atoms with Gasteiger partial charge in [-0.1, -0.05) is 31.5 Å². The SMILES string of the molecule is CCCCN(C)c1ccc(NC(=O)Cc2c[nH]c3ccccc23)nc1. The quantitative estimate of drug-likeness (QED) is 0.686. The van der Waals surface area contributed by atoms with Crippen LogP contribution in [0.4, 0.5) is 11.5 Å². The number of hydrogen-bond donors (Lipinski definition) is 2. The fourth-order valence-electron chi connectivity index (χ4n) is 2.85. The Kier molecular flexibility index (Phi) is 5.33. The second kappa shape index (κ2) is 7.83. The van der Waals surface area contributed by atoms with Crippen LogP contribution in [0.2, 0.25) is 0 Å². The molecule has 0 unspecified atom stereocenters. The zero-order valence-corrected chi connectivity index (χ0v) is 14.7. The third-order valence-electron chi connectivity index (χ3n) is 4.33. The first-order chi connectivity index (χ1) is 12.2. The first kappa shape index (κ1) is 17.0. The Morgan fingerprint density at radius 1 is 1.24 bits per heavy atom. The lowest BCUT2D eigenvalue weighted by Gasteiger charge is -2.18. The van der Waals surface area contributed by atoms with Crippen LogP contribution in [0.15, 0.2) is 48.8 Å². The summed E-state index contributed by atoms with van der Waals surface area (Å²) in [6.07, 6.45) is 6.34. The molecule has 0 aliphatic heterocycles. The van der Waals surface area contributed by atoms with Crippen LogP contribution in [0.1, 0.15) is 25.3 Å². The summed E-state index contributed by atoms with van der Waals surface area (Å²) in [5.74, 6) is 0.516. The molecule has 2 N–H and O–H groups in total. The standard InChI is InChI=1S/C20H24N4O/c1-3-4-11-24(2)16-9-10-19(22-14-16)23-20(25)12-15-13-21-18-8-6-5-7-17(15)18/h5-10,13-14,21H,3-4,11-12H2,1-2H3,(H,22,23,25). The van der Waals surface area contributed by atoms with E-state index < -0.39 is 0 Å². The number of carbonyl (C=O) groups is 1. The van der Waals surface area contributed by atoms with Gasteiger partial charge < -0.3 is 15.2 Å². The number of nitrogens with one attached hydrogen (secondary N) is 2. The van der Waals surface area contributed by atoms with E-state index in [0.717, 1.165) is 35.1 Å². The number of aromatic nitrogens is 2. The van der Waals surface area contributed by atoms with Crippen LogP contribution in [0.5, 0.6) is 0 Å². The number of H-pyrrole nitrogens is 1. The fraction of sp³-hybridized carbons (Fsp3) is 0.300. The maximum Gasteiger partial charge on any atom is 0.230 e. The molecule has 3 rings (SSSR count). The molecule has 130 valence electrons. The highest BCUT2D eigenvalue weighted by molar-refractivity contribution is 5.95. The number of hydrogen-bond acceptors (Lipinski definition) is 3. The number of unbranched alkanes of at least 4 members (excludes halogenated alkanes) is 1. The number of benzene rings is 1. The summed E-state index contributed by atoms with van der Waals surface area (Å²) in [6, 6.07) is 11.8. The molecule has 0 bridgehead atoms. The van der Waals surface area contributed by atoms with Crippen molar-refractivity contribution < 1.29 is 4.79 Å². The molecule has 1 aromatic carbocycles. The Bertz CT molecular complexity index is 838. The summed E-state index contributed by atoms with van der Waals surface area (Å²) in [5, 5.41) is 3.95. The topological polar surface area (TPSA) is 61.0 Å². The molecule has 5 nitrogen and oxygen atoms in total. The highest BCUT2D eigenvalue weighted by Crippen LogP contribution is 2.19. The monoisotopic (exact) mass is 336 g/mol. The second-order valence-corrected chi connectivity index (χ2v) is 6.26. The predicted molar refractivity (Wildman–Crippen MR) is 103 cm³/mol.